The Morgan fingerprint density at radius 1 is 1.00 bits per heavy atom. The van der Waals surface area contributed by atoms with Gasteiger partial charge in [-0.1, -0.05) is 50.1 Å². The van der Waals surface area contributed by atoms with Crippen LogP contribution in [0, 0.1) is 0 Å². The standard InChI is InChI=1S/C15H16Br2N2/c1-19(9-11-5-7-12(16)8-6-11)10-13-14(17)3-2-4-15(13)18/h2-8H,9-10,18H2,1H3. The molecule has 0 atom stereocenters. The molecule has 2 rings (SSSR count). The molecule has 2 nitrogen and oxygen atoms in total. The SMILES string of the molecule is CN(Cc1ccc(Br)cc1)Cc1c(N)cccc1Br. The summed E-state index contributed by atoms with van der Waals surface area (Å²) in [6.45, 7) is 1.72. The van der Waals surface area contributed by atoms with Crippen molar-refractivity contribution < 1.29 is 0 Å². The second kappa shape index (κ2) is 6.55. The molecule has 4 heteroatoms. The molecule has 0 spiro atoms. The second-order valence-corrected chi connectivity index (χ2v) is 6.38. The van der Waals surface area contributed by atoms with Gasteiger partial charge in [0.2, 0.25) is 0 Å². The first-order valence-corrected chi connectivity index (χ1v) is 7.60. The molecule has 2 aromatic rings. The Balaban J connectivity index is 2.05. The number of hydrogen-bond acceptors (Lipinski definition) is 2. The van der Waals surface area contributed by atoms with Crippen LogP contribution in [-0.4, -0.2) is 11.9 Å². The summed E-state index contributed by atoms with van der Waals surface area (Å²) in [5.41, 5.74) is 9.28. The van der Waals surface area contributed by atoms with Gasteiger partial charge in [-0.25, -0.2) is 0 Å². The van der Waals surface area contributed by atoms with Crippen LogP contribution in [-0.2, 0) is 13.1 Å². The van der Waals surface area contributed by atoms with E-state index in [0.29, 0.717) is 0 Å². The van der Waals surface area contributed by atoms with Crippen LogP contribution in [0.1, 0.15) is 11.1 Å². The summed E-state index contributed by atoms with van der Waals surface area (Å²) in [5.74, 6) is 0. The van der Waals surface area contributed by atoms with Gasteiger partial charge < -0.3 is 5.73 Å². The van der Waals surface area contributed by atoms with Gasteiger partial charge in [0.25, 0.3) is 0 Å². The fourth-order valence-corrected chi connectivity index (χ4v) is 2.74. The van der Waals surface area contributed by atoms with Crippen LogP contribution in [0.5, 0.6) is 0 Å². The van der Waals surface area contributed by atoms with Crippen molar-refractivity contribution in [2.24, 2.45) is 0 Å². The average Bonchev–Trinajstić information content (AvgIpc) is 2.37. The van der Waals surface area contributed by atoms with E-state index in [2.05, 4.69) is 68.1 Å². The fraction of sp³-hybridized carbons (Fsp3) is 0.200. The molecular formula is C15H16Br2N2. The van der Waals surface area contributed by atoms with Gasteiger partial charge in [-0.2, -0.15) is 0 Å². The van der Waals surface area contributed by atoms with Crippen molar-refractivity contribution in [2.75, 3.05) is 12.8 Å². The molecule has 0 aliphatic carbocycles. The summed E-state index contributed by atoms with van der Waals surface area (Å²) >= 11 is 7.01. The number of anilines is 1. The minimum atomic E-state index is 0.823. The Labute approximate surface area is 130 Å². The molecule has 0 aromatic heterocycles. The van der Waals surface area contributed by atoms with Crippen molar-refractivity contribution >= 4 is 37.5 Å². The molecule has 100 valence electrons. The Kier molecular flexibility index (Phi) is 5.02. The lowest BCUT2D eigenvalue weighted by atomic mass is 10.1. The minimum Gasteiger partial charge on any atom is -0.398 e. The van der Waals surface area contributed by atoms with E-state index in [9.17, 15) is 0 Å². The topological polar surface area (TPSA) is 29.3 Å². The maximum atomic E-state index is 6.02. The van der Waals surface area contributed by atoms with E-state index in [1.54, 1.807) is 0 Å². The minimum absolute atomic E-state index is 0.823. The van der Waals surface area contributed by atoms with Gasteiger partial charge in [0.15, 0.2) is 0 Å². The summed E-state index contributed by atoms with van der Waals surface area (Å²) in [7, 11) is 2.10. The Bertz CT molecular complexity index is 532. The molecule has 0 aliphatic heterocycles. The number of rotatable bonds is 4. The summed E-state index contributed by atoms with van der Waals surface area (Å²) < 4.78 is 2.17. The molecule has 0 saturated carbocycles. The molecule has 0 aliphatic rings. The third-order valence-corrected chi connectivity index (χ3v) is 4.22. The van der Waals surface area contributed by atoms with Crippen molar-refractivity contribution in [3.63, 3.8) is 0 Å². The maximum Gasteiger partial charge on any atom is 0.0371 e. The highest BCUT2D eigenvalue weighted by Crippen LogP contribution is 2.24. The van der Waals surface area contributed by atoms with E-state index in [-0.39, 0.29) is 0 Å². The van der Waals surface area contributed by atoms with Gasteiger partial charge in [-0.15, -0.1) is 0 Å². The first-order valence-electron chi connectivity index (χ1n) is 6.02. The molecule has 19 heavy (non-hydrogen) atoms. The second-order valence-electron chi connectivity index (χ2n) is 4.61. The lowest BCUT2D eigenvalue weighted by molar-refractivity contribution is 0.319. The molecule has 0 fully saturated rings. The summed E-state index contributed by atoms with van der Waals surface area (Å²) in [5, 5.41) is 0. The first kappa shape index (κ1) is 14.6. The molecule has 0 heterocycles. The zero-order valence-corrected chi connectivity index (χ0v) is 13.9. The van der Waals surface area contributed by atoms with Crippen molar-refractivity contribution in [1.82, 2.24) is 4.90 Å². The van der Waals surface area contributed by atoms with Crippen LogP contribution < -0.4 is 5.73 Å². The molecule has 2 aromatic carbocycles. The average molecular weight is 384 g/mol. The van der Waals surface area contributed by atoms with Crippen molar-refractivity contribution in [2.45, 2.75) is 13.1 Å². The predicted molar refractivity (Wildman–Crippen MR) is 87.9 cm³/mol. The molecular weight excluding hydrogens is 368 g/mol. The summed E-state index contributed by atoms with van der Waals surface area (Å²) in [4.78, 5) is 2.25. The zero-order valence-electron chi connectivity index (χ0n) is 10.7. The van der Waals surface area contributed by atoms with Crippen LogP contribution in [0.25, 0.3) is 0 Å². The highest BCUT2D eigenvalue weighted by Gasteiger charge is 2.08. The van der Waals surface area contributed by atoms with E-state index in [0.717, 1.165) is 33.3 Å². The molecule has 0 bridgehead atoms. The molecule has 0 unspecified atom stereocenters. The number of nitrogens with zero attached hydrogens (tertiary/aromatic N) is 1. The third kappa shape index (κ3) is 4.06. The van der Waals surface area contributed by atoms with E-state index in [1.807, 2.05) is 18.2 Å². The van der Waals surface area contributed by atoms with Crippen LogP contribution in [0.4, 0.5) is 5.69 Å². The highest BCUT2D eigenvalue weighted by atomic mass is 79.9. The Morgan fingerprint density at radius 2 is 1.68 bits per heavy atom. The van der Waals surface area contributed by atoms with Gasteiger partial charge in [-0.3, -0.25) is 4.90 Å². The van der Waals surface area contributed by atoms with E-state index in [4.69, 9.17) is 5.73 Å². The predicted octanol–water partition coefficient (Wildman–Crippen LogP) is 4.43. The van der Waals surface area contributed by atoms with Gasteiger partial charge in [0.05, 0.1) is 0 Å². The largest absolute Gasteiger partial charge is 0.398 e. The molecule has 0 radical (unpaired) electrons. The molecule has 2 N–H and O–H groups in total. The van der Waals surface area contributed by atoms with Gasteiger partial charge in [0, 0.05) is 33.3 Å². The van der Waals surface area contributed by atoms with Crippen molar-refractivity contribution in [1.29, 1.82) is 0 Å². The van der Waals surface area contributed by atoms with Crippen LogP contribution in [0.15, 0.2) is 51.4 Å². The number of nitrogens with two attached hydrogens (primary N) is 1. The number of benzene rings is 2. The van der Waals surface area contributed by atoms with Crippen LogP contribution >= 0.6 is 31.9 Å². The Morgan fingerprint density at radius 3 is 2.32 bits per heavy atom. The quantitative estimate of drug-likeness (QED) is 0.791. The monoisotopic (exact) mass is 382 g/mol. The van der Waals surface area contributed by atoms with E-state index < -0.39 is 0 Å². The summed E-state index contributed by atoms with van der Waals surface area (Å²) in [6.07, 6.45) is 0. The normalized spacial score (nSPS) is 10.9. The van der Waals surface area contributed by atoms with Crippen molar-refractivity contribution in [3.8, 4) is 0 Å². The first-order chi connectivity index (χ1) is 9.06. The summed E-state index contributed by atoms with van der Waals surface area (Å²) in [6, 6.07) is 14.3. The van der Waals surface area contributed by atoms with Crippen LogP contribution in [0.3, 0.4) is 0 Å². The van der Waals surface area contributed by atoms with E-state index in [1.165, 1.54) is 5.56 Å². The van der Waals surface area contributed by atoms with Gasteiger partial charge in [0.1, 0.15) is 0 Å². The Hall–Kier alpha value is -0.840. The van der Waals surface area contributed by atoms with E-state index >= 15 is 0 Å². The van der Waals surface area contributed by atoms with Crippen molar-refractivity contribution in [3.05, 3.63) is 62.5 Å². The fourth-order valence-electron chi connectivity index (χ4n) is 1.97. The zero-order chi connectivity index (χ0) is 13.8. The number of hydrogen-bond donors (Lipinski definition) is 1. The molecule has 0 amide bonds. The lowest BCUT2D eigenvalue weighted by Crippen LogP contribution is -2.18. The highest BCUT2D eigenvalue weighted by molar-refractivity contribution is 9.10. The lowest BCUT2D eigenvalue weighted by Gasteiger charge is -2.19. The van der Waals surface area contributed by atoms with Gasteiger partial charge >= 0.3 is 0 Å². The third-order valence-electron chi connectivity index (χ3n) is 2.95. The van der Waals surface area contributed by atoms with Gasteiger partial charge in [-0.05, 0) is 36.9 Å². The molecule has 0 saturated heterocycles. The smallest absolute Gasteiger partial charge is 0.0371 e. The van der Waals surface area contributed by atoms with Crippen LogP contribution in [0.2, 0.25) is 0 Å². The number of nitrogen functional groups attached to an aromatic ring is 1. The maximum absolute atomic E-state index is 6.02. The number of halogens is 2.